The molecule has 7 heteroatoms. The van der Waals surface area contributed by atoms with Crippen LogP contribution in [0.15, 0.2) is 59.7 Å². The van der Waals surface area contributed by atoms with Gasteiger partial charge in [-0.2, -0.15) is 5.10 Å². The number of amides is 2. The highest BCUT2D eigenvalue weighted by molar-refractivity contribution is 6.40. The zero-order valence-corrected chi connectivity index (χ0v) is 18.2. The fraction of sp³-hybridized carbons (Fsp3) is 0.333. The molecule has 1 N–H and O–H groups in total. The lowest BCUT2D eigenvalue weighted by Gasteiger charge is -2.21. The van der Waals surface area contributed by atoms with Gasteiger partial charge in [0.1, 0.15) is 18.3 Å². The molecule has 31 heavy (non-hydrogen) atoms. The largest absolute Gasteiger partial charge is 0.328 e. The van der Waals surface area contributed by atoms with E-state index in [-0.39, 0.29) is 30.6 Å². The molecule has 1 aliphatic heterocycles. The zero-order chi connectivity index (χ0) is 22.4. The van der Waals surface area contributed by atoms with Gasteiger partial charge in [-0.25, -0.2) is 0 Å². The van der Waals surface area contributed by atoms with Crippen LogP contribution in [-0.4, -0.2) is 47.3 Å². The maximum absolute atomic E-state index is 13.2. The number of nitrogens with zero attached hydrogens (tertiary/aromatic N) is 3. The molecule has 2 amide bonds. The first-order valence-corrected chi connectivity index (χ1v) is 10.5. The Bertz CT molecular complexity index is 987. The molecule has 7 nitrogen and oxygen atoms in total. The van der Waals surface area contributed by atoms with Gasteiger partial charge in [0.05, 0.1) is 5.69 Å². The van der Waals surface area contributed by atoms with E-state index in [1.807, 2.05) is 68.4 Å². The number of hydrogen-bond acceptors (Lipinski definition) is 5. The van der Waals surface area contributed by atoms with Gasteiger partial charge in [-0.15, -0.1) is 0 Å². The van der Waals surface area contributed by atoms with Gasteiger partial charge in [0.25, 0.3) is 5.91 Å². The lowest BCUT2D eigenvalue weighted by Crippen LogP contribution is -2.42. The van der Waals surface area contributed by atoms with Crippen LogP contribution in [0.1, 0.15) is 32.3 Å². The van der Waals surface area contributed by atoms with E-state index in [4.69, 9.17) is 0 Å². The minimum Gasteiger partial charge on any atom is -0.328 e. The number of aryl methyl sites for hydroxylation is 1. The highest BCUT2D eigenvalue weighted by atomic mass is 16.2. The van der Waals surface area contributed by atoms with Crippen LogP contribution in [0.3, 0.4) is 0 Å². The molecule has 0 saturated carbocycles. The monoisotopic (exact) mass is 420 g/mol. The van der Waals surface area contributed by atoms with E-state index in [1.54, 1.807) is 5.01 Å². The Balaban J connectivity index is 1.76. The molecular weight excluding hydrogens is 392 g/mol. The molecule has 162 valence electrons. The van der Waals surface area contributed by atoms with E-state index in [0.29, 0.717) is 18.7 Å². The molecule has 0 saturated heterocycles. The SMILES string of the molecule is CCCN(CC(=O)Nc1ccccc1C)C(=O)C1=NN(c2ccccc2)C(C(C)=O)C1. The molecule has 2 aromatic carbocycles. The van der Waals surface area contributed by atoms with Crippen molar-refractivity contribution in [2.45, 2.75) is 39.7 Å². The number of carbonyl (C=O) groups excluding carboxylic acids is 3. The van der Waals surface area contributed by atoms with E-state index >= 15 is 0 Å². The second-order valence-corrected chi connectivity index (χ2v) is 7.65. The van der Waals surface area contributed by atoms with Gasteiger partial charge in [-0.3, -0.25) is 19.4 Å². The normalized spacial score (nSPS) is 15.4. The van der Waals surface area contributed by atoms with Gasteiger partial charge >= 0.3 is 0 Å². The number of carbonyl (C=O) groups is 3. The van der Waals surface area contributed by atoms with Crippen LogP contribution in [0.4, 0.5) is 11.4 Å². The number of hydrogen-bond donors (Lipinski definition) is 1. The van der Waals surface area contributed by atoms with Crippen molar-refractivity contribution in [3.05, 3.63) is 60.2 Å². The number of anilines is 2. The van der Waals surface area contributed by atoms with Crippen LogP contribution < -0.4 is 10.3 Å². The Morgan fingerprint density at radius 3 is 2.42 bits per heavy atom. The van der Waals surface area contributed by atoms with Crippen molar-refractivity contribution in [2.24, 2.45) is 5.10 Å². The van der Waals surface area contributed by atoms with Crippen LogP contribution in [0.25, 0.3) is 0 Å². The van der Waals surface area contributed by atoms with Crippen molar-refractivity contribution in [1.82, 2.24) is 4.90 Å². The molecule has 1 aliphatic rings. The lowest BCUT2D eigenvalue weighted by atomic mass is 10.1. The minimum atomic E-state index is -0.523. The number of nitrogens with one attached hydrogen (secondary N) is 1. The zero-order valence-electron chi connectivity index (χ0n) is 18.2. The number of benzene rings is 2. The molecule has 0 radical (unpaired) electrons. The van der Waals surface area contributed by atoms with Crippen molar-refractivity contribution >= 4 is 34.7 Å². The molecule has 3 rings (SSSR count). The summed E-state index contributed by atoms with van der Waals surface area (Å²) >= 11 is 0. The third-order valence-corrected chi connectivity index (χ3v) is 5.18. The third kappa shape index (κ3) is 5.36. The summed E-state index contributed by atoms with van der Waals surface area (Å²) < 4.78 is 0. The molecule has 1 atom stereocenters. The quantitative estimate of drug-likeness (QED) is 0.710. The van der Waals surface area contributed by atoms with Crippen LogP contribution in [-0.2, 0) is 14.4 Å². The molecule has 0 bridgehead atoms. The van der Waals surface area contributed by atoms with Gasteiger partial charge in [0.2, 0.25) is 5.91 Å². The summed E-state index contributed by atoms with van der Waals surface area (Å²) in [5.41, 5.74) is 2.72. The summed E-state index contributed by atoms with van der Waals surface area (Å²) in [5, 5.41) is 8.95. The van der Waals surface area contributed by atoms with E-state index < -0.39 is 6.04 Å². The highest BCUT2D eigenvalue weighted by Crippen LogP contribution is 2.25. The summed E-state index contributed by atoms with van der Waals surface area (Å²) in [6, 6.07) is 16.3. The number of para-hydroxylation sites is 2. The Kier molecular flexibility index (Phi) is 7.18. The Morgan fingerprint density at radius 1 is 1.10 bits per heavy atom. The smallest absolute Gasteiger partial charge is 0.270 e. The number of hydrazone groups is 1. The highest BCUT2D eigenvalue weighted by Gasteiger charge is 2.36. The van der Waals surface area contributed by atoms with Crippen molar-refractivity contribution in [3.8, 4) is 0 Å². The Labute approximate surface area is 182 Å². The topological polar surface area (TPSA) is 82.1 Å². The van der Waals surface area contributed by atoms with Crippen molar-refractivity contribution in [2.75, 3.05) is 23.4 Å². The standard InChI is InChI=1S/C24H28N4O3/c1-4-14-27(16-23(30)25-20-13-9-8-10-17(20)2)24(31)21-15-22(18(3)29)28(26-21)19-11-6-5-7-12-19/h5-13,22H,4,14-16H2,1-3H3,(H,25,30). The fourth-order valence-corrected chi connectivity index (χ4v) is 3.56. The molecule has 0 spiro atoms. The Hall–Kier alpha value is -3.48. The van der Waals surface area contributed by atoms with Crippen LogP contribution >= 0.6 is 0 Å². The van der Waals surface area contributed by atoms with Gasteiger partial charge in [-0.05, 0) is 44.0 Å². The van der Waals surface area contributed by atoms with Gasteiger partial charge < -0.3 is 10.2 Å². The van der Waals surface area contributed by atoms with E-state index in [0.717, 1.165) is 16.9 Å². The summed E-state index contributed by atoms with van der Waals surface area (Å²) in [6.07, 6.45) is 0.928. The van der Waals surface area contributed by atoms with E-state index in [2.05, 4.69) is 10.4 Å². The van der Waals surface area contributed by atoms with Gasteiger partial charge in [-0.1, -0.05) is 43.3 Å². The molecule has 0 aromatic heterocycles. The number of rotatable bonds is 8. The van der Waals surface area contributed by atoms with Crippen molar-refractivity contribution in [1.29, 1.82) is 0 Å². The lowest BCUT2D eigenvalue weighted by molar-refractivity contribution is -0.129. The second-order valence-electron chi connectivity index (χ2n) is 7.65. The average molecular weight is 421 g/mol. The number of ketones is 1. The first-order chi connectivity index (χ1) is 14.9. The van der Waals surface area contributed by atoms with Gasteiger partial charge in [0, 0.05) is 18.7 Å². The van der Waals surface area contributed by atoms with Crippen molar-refractivity contribution in [3.63, 3.8) is 0 Å². The summed E-state index contributed by atoms with van der Waals surface area (Å²) in [6.45, 7) is 5.72. The molecule has 0 aliphatic carbocycles. The first kappa shape index (κ1) is 22.2. The number of Topliss-reactive ketones (excluding diaryl/α,β-unsaturated/α-hetero) is 1. The molecule has 0 fully saturated rings. The minimum absolute atomic E-state index is 0.0604. The summed E-state index contributed by atoms with van der Waals surface area (Å²) in [7, 11) is 0. The van der Waals surface area contributed by atoms with E-state index in [1.165, 1.54) is 11.8 Å². The fourth-order valence-electron chi connectivity index (χ4n) is 3.56. The Morgan fingerprint density at radius 2 is 1.77 bits per heavy atom. The average Bonchev–Trinajstić information content (AvgIpc) is 3.21. The summed E-state index contributed by atoms with van der Waals surface area (Å²) in [5.74, 6) is -0.640. The molecule has 1 heterocycles. The third-order valence-electron chi connectivity index (χ3n) is 5.18. The molecular formula is C24H28N4O3. The predicted octanol–water partition coefficient (Wildman–Crippen LogP) is 3.40. The molecule has 1 unspecified atom stereocenters. The maximum Gasteiger partial charge on any atom is 0.270 e. The van der Waals surface area contributed by atoms with Crippen LogP contribution in [0, 0.1) is 6.92 Å². The van der Waals surface area contributed by atoms with Gasteiger partial charge in [0.15, 0.2) is 5.78 Å². The second kappa shape index (κ2) is 10.0. The maximum atomic E-state index is 13.2. The first-order valence-electron chi connectivity index (χ1n) is 10.5. The van der Waals surface area contributed by atoms with Crippen LogP contribution in [0.5, 0.6) is 0 Å². The van der Waals surface area contributed by atoms with Crippen molar-refractivity contribution < 1.29 is 14.4 Å². The molecule has 2 aromatic rings. The van der Waals surface area contributed by atoms with Crippen LogP contribution in [0.2, 0.25) is 0 Å². The van der Waals surface area contributed by atoms with E-state index in [9.17, 15) is 14.4 Å². The summed E-state index contributed by atoms with van der Waals surface area (Å²) in [4.78, 5) is 39.5. The predicted molar refractivity (Wildman–Crippen MR) is 122 cm³/mol.